The topological polar surface area (TPSA) is 67.1 Å². The molecule has 118 valence electrons. The van der Waals surface area contributed by atoms with Crippen LogP contribution in [0.2, 0.25) is 0 Å². The van der Waals surface area contributed by atoms with Crippen molar-refractivity contribution in [3.8, 4) is 0 Å². The zero-order valence-electron chi connectivity index (χ0n) is 13.7. The Hall–Kier alpha value is -1.36. The Morgan fingerprint density at radius 3 is 2.71 bits per heavy atom. The van der Waals surface area contributed by atoms with Crippen molar-refractivity contribution in [3.05, 3.63) is 11.4 Å². The minimum Gasteiger partial charge on any atom is -0.356 e. The van der Waals surface area contributed by atoms with E-state index in [4.69, 9.17) is 10.8 Å². The molecule has 1 aromatic heterocycles. The van der Waals surface area contributed by atoms with Crippen molar-refractivity contribution in [2.75, 3.05) is 23.4 Å². The molecule has 3 N–H and O–H groups in total. The Bertz CT molecular complexity index is 460. The first-order chi connectivity index (χ1) is 10.2. The molecule has 1 aromatic rings. The first kappa shape index (κ1) is 16.0. The fourth-order valence-electron chi connectivity index (χ4n) is 3.23. The molecule has 0 bridgehead atoms. The van der Waals surface area contributed by atoms with E-state index in [1.54, 1.807) is 0 Å². The number of nitrogens with zero attached hydrogens (tertiary/aromatic N) is 3. The van der Waals surface area contributed by atoms with Crippen LogP contribution in [0.5, 0.6) is 0 Å². The third-order valence-electron chi connectivity index (χ3n) is 4.46. The van der Waals surface area contributed by atoms with Crippen molar-refractivity contribution in [1.82, 2.24) is 9.97 Å². The van der Waals surface area contributed by atoms with E-state index >= 15 is 0 Å². The van der Waals surface area contributed by atoms with Gasteiger partial charge in [0.2, 0.25) is 0 Å². The lowest BCUT2D eigenvalue weighted by Crippen LogP contribution is -2.27. The van der Waals surface area contributed by atoms with Gasteiger partial charge in [0.1, 0.15) is 17.5 Å². The number of rotatable bonds is 5. The first-order valence-electron chi connectivity index (χ1n) is 8.28. The fourth-order valence-corrected chi connectivity index (χ4v) is 3.23. The zero-order chi connectivity index (χ0) is 15.2. The van der Waals surface area contributed by atoms with Crippen LogP contribution in [0.15, 0.2) is 0 Å². The third kappa shape index (κ3) is 3.84. The van der Waals surface area contributed by atoms with Gasteiger partial charge in [0, 0.05) is 25.1 Å². The van der Waals surface area contributed by atoms with Gasteiger partial charge in [0.15, 0.2) is 0 Å². The van der Waals surface area contributed by atoms with Crippen molar-refractivity contribution in [1.29, 1.82) is 0 Å². The van der Waals surface area contributed by atoms with Gasteiger partial charge in [0.05, 0.1) is 0 Å². The van der Waals surface area contributed by atoms with Gasteiger partial charge in [0.25, 0.3) is 0 Å². The SMILES string of the molecule is CCCC1CCCN(c2nc(CC)nc(NN)c2C)CC1. The predicted molar refractivity (Wildman–Crippen MR) is 88.4 cm³/mol. The summed E-state index contributed by atoms with van der Waals surface area (Å²) in [6.45, 7) is 8.59. The highest BCUT2D eigenvalue weighted by atomic mass is 15.3. The number of nitrogens with one attached hydrogen (secondary N) is 1. The molecule has 1 atom stereocenters. The highest BCUT2D eigenvalue weighted by Gasteiger charge is 2.20. The average Bonchev–Trinajstić information content (AvgIpc) is 2.73. The molecule has 0 spiro atoms. The summed E-state index contributed by atoms with van der Waals surface area (Å²) in [7, 11) is 0. The summed E-state index contributed by atoms with van der Waals surface area (Å²) in [5, 5.41) is 0. The highest BCUT2D eigenvalue weighted by molar-refractivity contribution is 5.58. The summed E-state index contributed by atoms with van der Waals surface area (Å²) in [6.07, 6.45) is 7.33. The lowest BCUT2D eigenvalue weighted by atomic mass is 9.96. The monoisotopic (exact) mass is 291 g/mol. The quantitative estimate of drug-likeness (QED) is 0.645. The smallest absolute Gasteiger partial charge is 0.148 e. The van der Waals surface area contributed by atoms with Crippen LogP contribution in [0.4, 0.5) is 11.6 Å². The second-order valence-corrected chi connectivity index (χ2v) is 6.01. The Morgan fingerprint density at radius 1 is 1.24 bits per heavy atom. The van der Waals surface area contributed by atoms with Gasteiger partial charge in [-0.3, -0.25) is 0 Å². The largest absolute Gasteiger partial charge is 0.356 e. The second-order valence-electron chi connectivity index (χ2n) is 6.01. The number of aromatic nitrogens is 2. The van der Waals surface area contributed by atoms with Crippen molar-refractivity contribution in [3.63, 3.8) is 0 Å². The Morgan fingerprint density at radius 2 is 2.05 bits per heavy atom. The number of aryl methyl sites for hydroxylation is 1. The summed E-state index contributed by atoms with van der Waals surface area (Å²) in [5.41, 5.74) is 3.78. The van der Waals surface area contributed by atoms with Gasteiger partial charge in [-0.2, -0.15) is 0 Å². The molecule has 2 heterocycles. The molecule has 0 saturated carbocycles. The maximum absolute atomic E-state index is 5.61. The summed E-state index contributed by atoms with van der Waals surface area (Å²) in [5.74, 6) is 9.16. The first-order valence-corrected chi connectivity index (χ1v) is 8.28. The molecule has 1 unspecified atom stereocenters. The van der Waals surface area contributed by atoms with E-state index in [1.165, 1.54) is 32.1 Å². The Kier molecular flexibility index (Phi) is 5.79. The van der Waals surface area contributed by atoms with E-state index < -0.39 is 0 Å². The molecule has 5 heteroatoms. The van der Waals surface area contributed by atoms with Gasteiger partial charge in [-0.05, 0) is 32.1 Å². The van der Waals surface area contributed by atoms with Crippen LogP contribution in [0.25, 0.3) is 0 Å². The van der Waals surface area contributed by atoms with Crippen LogP contribution < -0.4 is 16.2 Å². The van der Waals surface area contributed by atoms with Crippen LogP contribution in [0.1, 0.15) is 57.3 Å². The van der Waals surface area contributed by atoms with Crippen molar-refractivity contribution in [2.24, 2.45) is 11.8 Å². The third-order valence-corrected chi connectivity index (χ3v) is 4.46. The number of anilines is 2. The molecular weight excluding hydrogens is 262 g/mol. The normalized spacial score (nSPS) is 19.4. The lowest BCUT2D eigenvalue weighted by molar-refractivity contribution is 0.435. The molecule has 0 radical (unpaired) electrons. The number of nitrogen functional groups attached to an aromatic ring is 1. The Labute approximate surface area is 128 Å². The van der Waals surface area contributed by atoms with Gasteiger partial charge in [-0.1, -0.05) is 26.7 Å². The molecular formula is C16H29N5. The van der Waals surface area contributed by atoms with Crippen LogP contribution in [0, 0.1) is 12.8 Å². The molecule has 0 amide bonds. The van der Waals surface area contributed by atoms with Gasteiger partial charge in [-0.15, -0.1) is 0 Å². The summed E-state index contributed by atoms with van der Waals surface area (Å²) in [6, 6.07) is 0. The summed E-state index contributed by atoms with van der Waals surface area (Å²) < 4.78 is 0. The molecule has 1 fully saturated rings. The van der Waals surface area contributed by atoms with Crippen molar-refractivity contribution in [2.45, 2.75) is 59.3 Å². The van der Waals surface area contributed by atoms with Crippen LogP contribution in [-0.4, -0.2) is 23.1 Å². The minimum absolute atomic E-state index is 0.756. The maximum Gasteiger partial charge on any atom is 0.148 e. The lowest BCUT2D eigenvalue weighted by Gasteiger charge is -2.25. The number of hydrogen-bond acceptors (Lipinski definition) is 5. The Balaban J connectivity index is 2.20. The molecule has 0 aromatic carbocycles. The van der Waals surface area contributed by atoms with E-state index in [0.717, 1.165) is 48.5 Å². The zero-order valence-corrected chi connectivity index (χ0v) is 13.7. The average molecular weight is 291 g/mol. The molecule has 0 aliphatic carbocycles. The maximum atomic E-state index is 5.61. The molecule has 21 heavy (non-hydrogen) atoms. The molecule has 2 rings (SSSR count). The number of nitrogens with two attached hydrogens (primary N) is 1. The second kappa shape index (κ2) is 7.59. The van der Waals surface area contributed by atoms with Crippen LogP contribution in [-0.2, 0) is 6.42 Å². The van der Waals surface area contributed by atoms with Gasteiger partial charge < -0.3 is 10.3 Å². The fraction of sp³-hybridized carbons (Fsp3) is 0.750. The van der Waals surface area contributed by atoms with E-state index in [0.29, 0.717) is 0 Å². The summed E-state index contributed by atoms with van der Waals surface area (Å²) in [4.78, 5) is 11.6. The van der Waals surface area contributed by atoms with Gasteiger partial charge in [-0.25, -0.2) is 15.8 Å². The van der Waals surface area contributed by atoms with Crippen molar-refractivity contribution < 1.29 is 0 Å². The summed E-state index contributed by atoms with van der Waals surface area (Å²) >= 11 is 0. The number of hydrazine groups is 1. The van der Waals surface area contributed by atoms with Gasteiger partial charge >= 0.3 is 0 Å². The standard InChI is InChI=1S/C16H29N5/c1-4-7-13-8-6-10-21(11-9-13)16-12(3)15(20-17)18-14(5-2)19-16/h13H,4-11,17H2,1-3H3,(H,18,19,20). The molecule has 1 saturated heterocycles. The minimum atomic E-state index is 0.756. The van der Waals surface area contributed by atoms with E-state index in [2.05, 4.69) is 36.1 Å². The van der Waals surface area contributed by atoms with E-state index in [-0.39, 0.29) is 0 Å². The number of hydrogen-bond donors (Lipinski definition) is 2. The van der Waals surface area contributed by atoms with Crippen LogP contribution in [0.3, 0.4) is 0 Å². The van der Waals surface area contributed by atoms with Crippen LogP contribution >= 0.6 is 0 Å². The molecule has 1 aliphatic heterocycles. The van der Waals surface area contributed by atoms with E-state index in [1.807, 2.05) is 0 Å². The highest BCUT2D eigenvalue weighted by Crippen LogP contribution is 2.28. The van der Waals surface area contributed by atoms with Crippen molar-refractivity contribution >= 4 is 11.6 Å². The molecule has 5 nitrogen and oxygen atoms in total. The van der Waals surface area contributed by atoms with E-state index in [9.17, 15) is 0 Å². The molecule has 1 aliphatic rings. The predicted octanol–water partition coefficient (Wildman–Crippen LogP) is 3.04.